The molecule has 1 aliphatic rings. The number of primary amides is 1. The Labute approximate surface area is 238 Å². The predicted octanol–water partition coefficient (Wildman–Crippen LogP) is 4.82. The second-order valence-electron chi connectivity index (χ2n) is 10.2. The molecule has 41 heavy (non-hydrogen) atoms. The maximum Gasteiger partial charge on any atom is 0.320 e. The standard InChI is InChI=1S/C33H30N4O4/c1-21-12-16-24(17-13-21)29(30(34)39)33(36-32(41)35-25-18-14-22(2)15-19-25)26-10-6-7-11-27(26)37(31(33)40)20-28(38)23-8-4-3-5-9-23/h3-19,29H,20H2,1-2H3,(H2,34,39)(H2,35,36,41). The fourth-order valence-corrected chi connectivity index (χ4v) is 5.33. The number of carbonyl (C=O) groups excluding carboxylic acids is 4. The zero-order chi connectivity index (χ0) is 29.1. The van der Waals surface area contributed by atoms with E-state index in [4.69, 9.17) is 5.73 Å². The van der Waals surface area contributed by atoms with Gasteiger partial charge in [0.1, 0.15) is 0 Å². The van der Waals surface area contributed by atoms with Crippen LogP contribution in [-0.4, -0.2) is 30.2 Å². The molecule has 8 heteroatoms. The minimum Gasteiger partial charge on any atom is -0.369 e. The number of anilines is 2. The van der Waals surface area contributed by atoms with Crippen LogP contribution in [0.5, 0.6) is 0 Å². The van der Waals surface area contributed by atoms with E-state index in [1.807, 2.05) is 38.1 Å². The quantitative estimate of drug-likeness (QED) is 0.274. The number of hydrogen-bond acceptors (Lipinski definition) is 4. The first kappa shape index (κ1) is 27.3. The Bertz CT molecular complexity index is 1620. The van der Waals surface area contributed by atoms with Crippen LogP contribution in [0.3, 0.4) is 0 Å². The van der Waals surface area contributed by atoms with E-state index in [1.54, 1.807) is 78.9 Å². The molecule has 0 radical (unpaired) electrons. The van der Waals surface area contributed by atoms with E-state index >= 15 is 0 Å². The number of amides is 4. The Morgan fingerprint density at radius 2 is 1.39 bits per heavy atom. The van der Waals surface area contributed by atoms with Crippen LogP contribution in [0.4, 0.5) is 16.2 Å². The number of urea groups is 1. The van der Waals surface area contributed by atoms with Crippen molar-refractivity contribution < 1.29 is 19.2 Å². The number of rotatable bonds is 8. The Morgan fingerprint density at radius 1 is 0.805 bits per heavy atom. The normalized spacial score (nSPS) is 16.5. The second-order valence-corrected chi connectivity index (χ2v) is 10.2. The zero-order valence-corrected chi connectivity index (χ0v) is 22.8. The van der Waals surface area contributed by atoms with Crippen LogP contribution >= 0.6 is 0 Å². The SMILES string of the molecule is Cc1ccc(NC(=O)NC2(C(C(N)=O)c3ccc(C)cc3)C(=O)N(CC(=O)c3ccccc3)c3ccccc32)cc1. The van der Waals surface area contributed by atoms with Gasteiger partial charge in [-0.1, -0.05) is 96.1 Å². The monoisotopic (exact) mass is 546 g/mol. The molecular formula is C33H30N4O4. The Morgan fingerprint density at radius 3 is 2.02 bits per heavy atom. The Hall–Kier alpha value is -5.24. The van der Waals surface area contributed by atoms with Crippen LogP contribution in [0.2, 0.25) is 0 Å². The average molecular weight is 547 g/mol. The van der Waals surface area contributed by atoms with Crippen LogP contribution in [0, 0.1) is 13.8 Å². The van der Waals surface area contributed by atoms with E-state index < -0.39 is 29.3 Å². The Balaban J connectivity index is 1.63. The lowest BCUT2D eigenvalue weighted by Crippen LogP contribution is -2.60. The first-order valence-electron chi connectivity index (χ1n) is 13.2. The summed E-state index contributed by atoms with van der Waals surface area (Å²) in [6, 6.07) is 29.0. The van der Waals surface area contributed by atoms with Crippen LogP contribution in [-0.2, 0) is 15.1 Å². The molecule has 5 rings (SSSR count). The fraction of sp³-hybridized carbons (Fsp3) is 0.152. The van der Waals surface area contributed by atoms with E-state index in [0.717, 1.165) is 11.1 Å². The van der Waals surface area contributed by atoms with Gasteiger partial charge in [0.05, 0.1) is 18.2 Å². The number of aryl methyl sites for hydroxylation is 2. The van der Waals surface area contributed by atoms with Gasteiger partial charge in [0.2, 0.25) is 5.91 Å². The van der Waals surface area contributed by atoms with Crippen molar-refractivity contribution in [3.63, 3.8) is 0 Å². The molecule has 8 nitrogen and oxygen atoms in total. The number of hydrogen-bond donors (Lipinski definition) is 3. The molecule has 4 aromatic carbocycles. The smallest absolute Gasteiger partial charge is 0.320 e. The van der Waals surface area contributed by atoms with E-state index in [-0.39, 0.29) is 12.3 Å². The zero-order valence-electron chi connectivity index (χ0n) is 22.8. The van der Waals surface area contributed by atoms with Crippen LogP contribution in [0.1, 0.15) is 38.5 Å². The minimum atomic E-state index is -1.93. The van der Waals surface area contributed by atoms with Gasteiger partial charge in [-0.15, -0.1) is 0 Å². The Kier molecular flexibility index (Phi) is 7.40. The lowest BCUT2D eigenvalue weighted by atomic mass is 9.74. The number of nitrogens with zero attached hydrogens (tertiary/aromatic N) is 1. The van der Waals surface area contributed by atoms with Crippen molar-refractivity contribution in [2.24, 2.45) is 5.73 Å². The largest absolute Gasteiger partial charge is 0.369 e. The third-order valence-electron chi connectivity index (χ3n) is 7.35. The highest BCUT2D eigenvalue weighted by atomic mass is 16.2. The summed E-state index contributed by atoms with van der Waals surface area (Å²) in [5.41, 5.74) is 8.24. The minimum absolute atomic E-state index is 0.289. The summed E-state index contributed by atoms with van der Waals surface area (Å²) in [6.45, 7) is 3.54. The molecule has 4 N–H and O–H groups in total. The highest BCUT2D eigenvalue weighted by Crippen LogP contribution is 2.48. The third kappa shape index (κ3) is 5.19. The second kappa shape index (κ2) is 11.1. The molecular weight excluding hydrogens is 516 g/mol. The first-order chi connectivity index (χ1) is 19.7. The molecule has 0 aromatic heterocycles. The van der Waals surface area contributed by atoms with Gasteiger partial charge < -0.3 is 21.3 Å². The predicted molar refractivity (Wildman–Crippen MR) is 158 cm³/mol. The molecule has 0 saturated heterocycles. The molecule has 4 aromatic rings. The molecule has 0 aliphatic carbocycles. The summed E-state index contributed by atoms with van der Waals surface area (Å²) in [5.74, 6) is -3.01. The first-order valence-corrected chi connectivity index (χ1v) is 13.2. The van der Waals surface area contributed by atoms with E-state index in [0.29, 0.717) is 28.1 Å². The van der Waals surface area contributed by atoms with Crippen LogP contribution in [0.25, 0.3) is 0 Å². The van der Waals surface area contributed by atoms with Crippen molar-refractivity contribution in [1.82, 2.24) is 5.32 Å². The summed E-state index contributed by atoms with van der Waals surface area (Å²) in [4.78, 5) is 56.0. The molecule has 2 unspecified atom stereocenters. The van der Waals surface area contributed by atoms with Crippen LogP contribution in [0.15, 0.2) is 103 Å². The van der Waals surface area contributed by atoms with Crippen molar-refractivity contribution in [1.29, 1.82) is 0 Å². The molecule has 0 spiro atoms. The van der Waals surface area contributed by atoms with Gasteiger partial charge in [0, 0.05) is 16.8 Å². The molecule has 0 bridgehead atoms. The molecule has 1 heterocycles. The number of benzene rings is 4. The number of nitrogens with one attached hydrogen (secondary N) is 2. The molecule has 4 amide bonds. The summed E-state index contributed by atoms with van der Waals surface area (Å²) in [7, 11) is 0. The molecule has 0 fully saturated rings. The van der Waals surface area contributed by atoms with Gasteiger partial charge in [0.25, 0.3) is 5.91 Å². The van der Waals surface area contributed by atoms with Gasteiger partial charge in [-0.2, -0.15) is 0 Å². The number of ketones is 1. The van der Waals surface area contributed by atoms with Crippen molar-refractivity contribution in [3.05, 3.63) is 131 Å². The number of fused-ring (bicyclic) bond motifs is 1. The molecule has 0 saturated carbocycles. The van der Waals surface area contributed by atoms with Gasteiger partial charge in [-0.3, -0.25) is 14.4 Å². The molecule has 2 atom stereocenters. The summed E-state index contributed by atoms with van der Waals surface area (Å²) in [6.07, 6.45) is 0. The van der Waals surface area contributed by atoms with E-state index in [1.165, 1.54) is 4.90 Å². The topological polar surface area (TPSA) is 122 Å². The molecule has 206 valence electrons. The number of nitrogens with two attached hydrogens (primary N) is 1. The number of para-hydroxylation sites is 1. The van der Waals surface area contributed by atoms with Crippen molar-refractivity contribution >= 4 is 35.0 Å². The summed E-state index contributed by atoms with van der Waals surface area (Å²) in [5, 5.41) is 5.61. The maximum atomic E-state index is 14.6. The number of carbonyl (C=O) groups is 4. The van der Waals surface area contributed by atoms with Gasteiger partial charge in [-0.05, 0) is 37.6 Å². The lowest BCUT2D eigenvalue weighted by molar-refractivity contribution is -0.130. The highest BCUT2D eigenvalue weighted by molar-refractivity contribution is 6.16. The molecule has 1 aliphatic heterocycles. The van der Waals surface area contributed by atoms with Gasteiger partial charge >= 0.3 is 6.03 Å². The average Bonchev–Trinajstić information content (AvgIpc) is 3.19. The van der Waals surface area contributed by atoms with Gasteiger partial charge in [0.15, 0.2) is 11.3 Å². The fourth-order valence-electron chi connectivity index (χ4n) is 5.33. The van der Waals surface area contributed by atoms with Crippen molar-refractivity contribution in [3.8, 4) is 0 Å². The van der Waals surface area contributed by atoms with Gasteiger partial charge in [-0.25, -0.2) is 4.79 Å². The lowest BCUT2D eigenvalue weighted by Gasteiger charge is -2.36. The van der Waals surface area contributed by atoms with Crippen LogP contribution < -0.4 is 21.3 Å². The van der Waals surface area contributed by atoms with Crippen molar-refractivity contribution in [2.75, 3.05) is 16.8 Å². The maximum absolute atomic E-state index is 14.6. The van der Waals surface area contributed by atoms with E-state index in [9.17, 15) is 19.2 Å². The van der Waals surface area contributed by atoms with Crippen molar-refractivity contribution in [2.45, 2.75) is 25.3 Å². The third-order valence-corrected chi connectivity index (χ3v) is 7.35. The summed E-state index contributed by atoms with van der Waals surface area (Å²) < 4.78 is 0. The highest BCUT2D eigenvalue weighted by Gasteiger charge is 2.59. The summed E-state index contributed by atoms with van der Waals surface area (Å²) >= 11 is 0. The van der Waals surface area contributed by atoms with E-state index in [2.05, 4.69) is 10.6 Å². The number of Topliss-reactive ketones (excluding diaryl/α,β-unsaturated/α-hetero) is 1.